The van der Waals surface area contributed by atoms with Crippen LogP contribution in [-0.2, 0) is 9.53 Å². The number of ether oxygens (including phenoxy) is 1. The summed E-state index contributed by atoms with van der Waals surface area (Å²) in [6.45, 7) is -0.648. The summed E-state index contributed by atoms with van der Waals surface area (Å²) in [6.07, 6.45) is 1.90. The van der Waals surface area contributed by atoms with Crippen LogP contribution in [0.15, 0.2) is 46.8 Å². The summed E-state index contributed by atoms with van der Waals surface area (Å²) in [5.41, 5.74) is 0.563. The Labute approximate surface area is 177 Å². The maximum absolute atomic E-state index is 13.5. The van der Waals surface area contributed by atoms with E-state index in [1.807, 2.05) is 6.26 Å². The molecule has 1 heterocycles. The Bertz CT molecular complexity index is 1110. The molecule has 0 fully saturated rings. The van der Waals surface area contributed by atoms with Crippen LogP contribution in [0.5, 0.6) is 0 Å². The number of esters is 1. The molecule has 6 nitrogen and oxygen atoms in total. The van der Waals surface area contributed by atoms with E-state index < -0.39 is 30.1 Å². The minimum Gasteiger partial charge on any atom is -0.452 e. The van der Waals surface area contributed by atoms with E-state index in [4.69, 9.17) is 17.0 Å². The van der Waals surface area contributed by atoms with Crippen LogP contribution >= 0.6 is 35.3 Å². The number of amides is 1. The quantitative estimate of drug-likeness (QED) is 0.338. The van der Waals surface area contributed by atoms with Gasteiger partial charge in [-0.25, -0.2) is 18.3 Å². The molecule has 11 heteroatoms. The van der Waals surface area contributed by atoms with E-state index in [-0.39, 0.29) is 11.3 Å². The summed E-state index contributed by atoms with van der Waals surface area (Å²) in [5, 5.41) is 6.50. The van der Waals surface area contributed by atoms with Crippen LogP contribution in [0.3, 0.4) is 0 Å². The van der Waals surface area contributed by atoms with Crippen molar-refractivity contribution in [1.29, 1.82) is 0 Å². The van der Waals surface area contributed by atoms with Crippen molar-refractivity contribution in [3.63, 3.8) is 0 Å². The number of benzene rings is 2. The zero-order chi connectivity index (χ0) is 21.0. The standard InChI is InChI=1S/C18H13F2N3O3S3/c1-28-17-22-23(18(27)29-17)12-5-2-10(3-6-12)16(25)26-9-15(24)21-14-8-11(19)4-7-13(14)20/h2-8H,9H2,1H3,(H,21,24). The molecular weight excluding hydrogens is 440 g/mol. The van der Waals surface area contributed by atoms with Crippen molar-refractivity contribution < 1.29 is 23.1 Å². The molecule has 3 rings (SSSR count). The van der Waals surface area contributed by atoms with E-state index in [1.165, 1.54) is 35.2 Å². The third kappa shape index (κ3) is 5.25. The molecule has 3 aromatic rings. The number of carbonyl (C=O) groups is 2. The Morgan fingerprint density at radius 3 is 2.62 bits per heavy atom. The van der Waals surface area contributed by atoms with Crippen molar-refractivity contribution in [2.75, 3.05) is 18.2 Å². The molecule has 0 atom stereocenters. The molecule has 0 bridgehead atoms. The molecule has 1 aromatic heterocycles. The van der Waals surface area contributed by atoms with Crippen LogP contribution in [0.2, 0.25) is 0 Å². The fourth-order valence-corrected chi connectivity index (χ4v) is 4.02. The molecule has 1 amide bonds. The molecule has 0 aliphatic heterocycles. The van der Waals surface area contributed by atoms with Crippen LogP contribution in [0.4, 0.5) is 14.5 Å². The highest BCUT2D eigenvalue weighted by Crippen LogP contribution is 2.22. The first-order valence-corrected chi connectivity index (χ1v) is 10.5. The molecule has 0 aliphatic rings. The third-order valence-corrected chi connectivity index (χ3v) is 5.80. The van der Waals surface area contributed by atoms with Crippen molar-refractivity contribution >= 4 is 52.9 Å². The highest BCUT2D eigenvalue weighted by Gasteiger charge is 2.13. The smallest absolute Gasteiger partial charge is 0.338 e. The maximum atomic E-state index is 13.5. The SMILES string of the molecule is CSc1nn(-c2ccc(C(=O)OCC(=O)Nc3cc(F)ccc3F)cc2)c(=S)s1. The second-order valence-corrected chi connectivity index (χ2v) is 8.22. The van der Waals surface area contributed by atoms with Crippen LogP contribution in [-0.4, -0.2) is 34.5 Å². The van der Waals surface area contributed by atoms with Crippen LogP contribution in [0, 0.1) is 15.6 Å². The summed E-state index contributed by atoms with van der Waals surface area (Å²) in [4.78, 5) is 23.9. The summed E-state index contributed by atoms with van der Waals surface area (Å²) in [5.74, 6) is -3.04. The van der Waals surface area contributed by atoms with Gasteiger partial charge in [0.15, 0.2) is 14.9 Å². The van der Waals surface area contributed by atoms with Crippen LogP contribution in [0.1, 0.15) is 10.4 Å². The van der Waals surface area contributed by atoms with Gasteiger partial charge >= 0.3 is 5.97 Å². The number of hydrogen-bond acceptors (Lipinski definition) is 7. The predicted octanol–water partition coefficient (Wildman–Crippen LogP) is 4.46. The number of aromatic nitrogens is 2. The van der Waals surface area contributed by atoms with Crippen molar-refractivity contribution in [3.05, 3.63) is 63.6 Å². The topological polar surface area (TPSA) is 73.2 Å². The average molecular weight is 454 g/mol. The van der Waals surface area contributed by atoms with Gasteiger partial charge in [-0.15, -0.1) is 5.10 Å². The van der Waals surface area contributed by atoms with Gasteiger partial charge < -0.3 is 10.1 Å². The van der Waals surface area contributed by atoms with E-state index in [0.717, 1.165) is 22.5 Å². The molecule has 150 valence electrons. The lowest BCUT2D eigenvalue weighted by molar-refractivity contribution is -0.119. The Kier molecular flexibility index (Phi) is 6.72. The Morgan fingerprint density at radius 1 is 1.24 bits per heavy atom. The summed E-state index contributed by atoms with van der Waals surface area (Å²) in [6, 6.07) is 8.98. The fraction of sp³-hybridized carbons (Fsp3) is 0.111. The lowest BCUT2D eigenvalue weighted by Crippen LogP contribution is -2.21. The molecule has 0 spiro atoms. The number of anilines is 1. The van der Waals surface area contributed by atoms with Gasteiger partial charge in [-0.2, -0.15) is 0 Å². The lowest BCUT2D eigenvalue weighted by atomic mass is 10.2. The van der Waals surface area contributed by atoms with Crippen molar-refractivity contribution in [2.45, 2.75) is 4.34 Å². The fourth-order valence-electron chi connectivity index (χ4n) is 2.24. The highest BCUT2D eigenvalue weighted by molar-refractivity contribution is 8.00. The van der Waals surface area contributed by atoms with Gasteiger partial charge in [0.1, 0.15) is 11.6 Å². The van der Waals surface area contributed by atoms with E-state index >= 15 is 0 Å². The molecule has 1 N–H and O–H groups in total. The highest BCUT2D eigenvalue weighted by atomic mass is 32.2. The zero-order valence-corrected chi connectivity index (χ0v) is 17.3. The van der Waals surface area contributed by atoms with Gasteiger partial charge in [-0.05, 0) is 54.9 Å². The van der Waals surface area contributed by atoms with Gasteiger partial charge in [0.05, 0.1) is 16.9 Å². The van der Waals surface area contributed by atoms with E-state index in [9.17, 15) is 18.4 Å². The van der Waals surface area contributed by atoms with Gasteiger partial charge in [0.2, 0.25) is 0 Å². The Hall–Kier alpha value is -2.63. The molecule has 29 heavy (non-hydrogen) atoms. The Balaban J connectivity index is 1.60. The van der Waals surface area contributed by atoms with E-state index in [1.54, 1.807) is 16.8 Å². The normalized spacial score (nSPS) is 10.6. The molecule has 0 aliphatic carbocycles. The lowest BCUT2D eigenvalue weighted by Gasteiger charge is -2.08. The summed E-state index contributed by atoms with van der Waals surface area (Å²) >= 11 is 8.12. The number of carbonyl (C=O) groups excluding carboxylic acids is 2. The first-order valence-electron chi connectivity index (χ1n) is 8.04. The monoisotopic (exact) mass is 453 g/mol. The zero-order valence-electron chi connectivity index (χ0n) is 14.8. The molecule has 0 radical (unpaired) electrons. The number of halogens is 2. The Morgan fingerprint density at radius 2 is 1.97 bits per heavy atom. The maximum Gasteiger partial charge on any atom is 0.338 e. The largest absolute Gasteiger partial charge is 0.452 e. The molecule has 0 unspecified atom stereocenters. The van der Waals surface area contributed by atoms with Gasteiger partial charge in [-0.3, -0.25) is 4.79 Å². The van der Waals surface area contributed by atoms with E-state index in [2.05, 4.69) is 10.4 Å². The number of hydrogen-bond donors (Lipinski definition) is 1. The summed E-state index contributed by atoms with van der Waals surface area (Å²) < 4.78 is 34.5. The number of nitrogens with zero attached hydrogens (tertiary/aromatic N) is 2. The van der Waals surface area contributed by atoms with Gasteiger partial charge in [-0.1, -0.05) is 23.1 Å². The average Bonchev–Trinajstić information content (AvgIpc) is 3.10. The molecule has 2 aromatic carbocycles. The first kappa shape index (κ1) is 21.1. The number of thioether (sulfide) groups is 1. The molecular formula is C18H13F2N3O3S3. The van der Waals surface area contributed by atoms with E-state index in [0.29, 0.717) is 9.64 Å². The van der Waals surface area contributed by atoms with Gasteiger partial charge in [0.25, 0.3) is 5.91 Å². The second kappa shape index (κ2) is 9.25. The van der Waals surface area contributed by atoms with Crippen molar-refractivity contribution in [2.24, 2.45) is 0 Å². The van der Waals surface area contributed by atoms with Crippen molar-refractivity contribution in [3.8, 4) is 5.69 Å². The molecule has 0 saturated carbocycles. The first-order chi connectivity index (χ1) is 13.9. The van der Waals surface area contributed by atoms with Crippen molar-refractivity contribution in [1.82, 2.24) is 9.78 Å². The van der Waals surface area contributed by atoms with Crippen LogP contribution in [0.25, 0.3) is 5.69 Å². The second-order valence-electron chi connectivity index (χ2n) is 5.55. The van der Waals surface area contributed by atoms with Gasteiger partial charge in [0, 0.05) is 6.07 Å². The number of nitrogens with one attached hydrogen (secondary N) is 1. The minimum absolute atomic E-state index is 0.213. The number of rotatable bonds is 6. The minimum atomic E-state index is -0.799. The summed E-state index contributed by atoms with van der Waals surface area (Å²) in [7, 11) is 0. The molecule has 0 saturated heterocycles. The van der Waals surface area contributed by atoms with Crippen LogP contribution < -0.4 is 5.32 Å². The third-order valence-electron chi connectivity index (χ3n) is 3.59. The predicted molar refractivity (Wildman–Crippen MR) is 109 cm³/mol.